The standard InChI is InChI=1S/C19H19.C18H17.2C2H5.2ClH.H2Si.Zr/c1-4-15-11-17-9-14(3)10-18(19(17)12-15)16-7-5-13(2)6-8-16;1-12-4-6-15(7-5-12)17-10-13(2)8-16-9-14(3)11-18(16)17;2*1-2;;;;/h5-12H,4H2,1-3H3;4-11H,1-3H3;2*1H2,2H3;2*1H;1H2;. The van der Waals surface area contributed by atoms with Crippen LogP contribution in [0.3, 0.4) is 0 Å². The fourth-order valence-corrected chi connectivity index (χ4v) is 32.7. The van der Waals surface area contributed by atoms with Crippen LogP contribution < -0.4 is 0 Å². The molecule has 236 valence electrons. The first kappa shape index (κ1) is 35.9. The summed E-state index contributed by atoms with van der Waals surface area (Å²) in [5.41, 5.74) is 20.4. The Labute approximate surface area is 287 Å². The molecule has 0 fully saturated rings. The molecule has 0 saturated carbocycles. The van der Waals surface area contributed by atoms with E-state index in [9.17, 15) is 0 Å². The van der Waals surface area contributed by atoms with Gasteiger partial charge >= 0.3 is 264 Å². The summed E-state index contributed by atoms with van der Waals surface area (Å²) in [6.07, 6.45) is 6.34. The molecule has 6 rings (SSSR count). The van der Waals surface area contributed by atoms with Crippen molar-refractivity contribution in [3.63, 3.8) is 0 Å². The van der Waals surface area contributed by atoms with Crippen LogP contribution in [0.2, 0.25) is 8.26 Å². The average Bonchev–Trinajstić information content (AvgIpc) is 3.55. The maximum atomic E-state index is 2.63. The maximum absolute atomic E-state index is 3.73. The Morgan fingerprint density at radius 3 is 1.40 bits per heavy atom. The molecule has 0 N–H and O–H groups in total. The van der Waals surface area contributed by atoms with Gasteiger partial charge in [-0.25, -0.2) is 0 Å². The van der Waals surface area contributed by atoms with E-state index in [2.05, 4.69) is 147 Å². The topological polar surface area (TPSA) is 0 Å². The second kappa shape index (κ2) is 13.3. The summed E-state index contributed by atoms with van der Waals surface area (Å²) in [5, 5.41) is 0. The minimum absolute atomic E-state index is 0. The molecule has 4 aromatic rings. The van der Waals surface area contributed by atoms with Crippen LogP contribution in [0.5, 0.6) is 0 Å². The normalized spacial score (nSPS) is 17.1. The third-order valence-corrected chi connectivity index (χ3v) is 42.3. The molecule has 0 amide bonds. The van der Waals surface area contributed by atoms with Crippen LogP contribution in [-0.2, 0) is 17.4 Å². The van der Waals surface area contributed by atoms with Gasteiger partial charge in [-0.2, -0.15) is 0 Å². The first-order valence-electron chi connectivity index (χ1n) is 16.4. The largest absolute Gasteiger partial charge is 0.147 e. The summed E-state index contributed by atoms with van der Waals surface area (Å²) in [4.78, 5) is 0. The summed E-state index contributed by atoms with van der Waals surface area (Å²) >= 11 is -3.73. The first-order valence-corrected chi connectivity index (χ1v) is 28.6. The van der Waals surface area contributed by atoms with E-state index in [0.717, 1.165) is 6.42 Å². The molecule has 2 aliphatic rings. The maximum Gasteiger partial charge on any atom is -0.147 e. The van der Waals surface area contributed by atoms with Crippen molar-refractivity contribution in [1.82, 2.24) is 0 Å². The molecule has 0 aliphatic heterocycles. The van der Waals surface area contributed by atoms with Gasteiger partial charge in [0, 0.05) is 0 Å². The van der Waals surface area contributed by atoms with Gasteiger partial charge in [-0.05, 0) is 0 Å². The monoisotopic (exact) mass is 730 g/mol. The Kier molecular flexibility index (Phi) is 10.6. The zero-order chi connectivity index (χ0) is 30.7. The average molecular weight is 733 g/mol. The van der Waals surface area contributed by atoms with Gasteiger partial charge in [0.15, 0.2) is 0 Å². The second-order valence-corrected chi connectivity index (χ2v) is 41.6. The minimum Gasteiger partial charge on any atom is -0.147 e. The predicted molar refractivity (Wildman–Crippen MR) is 204 cm³/mol. The Morgan fingerprint density at radius 1 is 0.556 bits per heavy atom. The zero-order valence-electron chi connectivity index (χ0n) is 28.4. The molecule has 0 aromatic heterocycles. The third-order valence-electron chi connectivity index (χ3n) is 11.4. The predicted octanol–water partition coefficient (Wildman–Crippen LogP) is 12.2. The molecular formula is C41H50Cl2SiZr. The Bertz CT molecular complexity index is 1870. The molecule has 0 heterocycles. The van der Waals surface area contributed by atoms with Gasteiger partial charge in [-0.1, -0.05) is 0 Å². The van der Waals surface area contributed by atoms with Gasteiger partial charge in [0.05, 0.1) is 0 Å². The third kappa shape index (κ3) is 5.77. The van der Waals surface area contributed by atoms with Gasteiger partial charge < -0.3 is 0 Å². The SMILES string of the molecule is CCC1=Cc2c(-c3ccc(C)cc3)cc(C)cc2[CH]1[Zr](=[SiH2])([CH2]C)([CH2]C)[CH]1C(C)=Cc2c(-c3ccc(C)cc3)cc(C)cc21.Cl.Cl. The zero-order valence-corrected chi connectivity index (χ0v) is 33.9. The van der Waals surface area contributed by atoms with Crippen molar-refractivity contribution in [3.8, 4) is 22.3 Å². The number of aryl methyl sites for hydroxylation is 4. The van der Waals surface area contributed by atoms with Gasteiger partial charge in [0.2, 0.25) is 0 Å². The smallest absolute Gasteiger partial charge is 0.147 e. The first-order chi connectivity index (χ1) is 20.5. The van der Waals surface area contributed by atoms with Crippen molar-refractivity contribution < 1.29 is 17.4 Å². The van der Waals surface area contributed by atoms with Crippen molar-refractivity contribution in [3.05, 3.63) is 128 Å². The molecule has 0 saturated heterocycles. The number of hydrogen-bond acceptors (Lipinski definition) is 0. The summed E-state index contributed by atoms with van der Waals surface area (Å²) in [6, 6.07) is 28.4. The number of hydrogen-bond donors (Lipinski definition) is 0. The molecule has 2 aliphatic carbocycles. The molecule has 0 nitrogen and oxygen atoms in total. The van der Waals surface area contributed by atoms with E-state index < -0.39 is 17.4 Å². The fraction of sp³-hybridized carbons (Fsp3) is 0.317. The van der Waals surface area contributed by atoms with Crippen molar-refractivity contribution >= 4 is 43.8 Å². The van der Waals surface area contributed by atoms with E-state index in [1.165, 1.54) is 63.9 Å². The van der Waals surface area contributed by atoms with Crippen LogP contribution >= 0.6 is 24.8 Å². The number of halogens is 2. The van der Waals surface area contributed by atoms with Gasteiger partial charge in [0.1, 0.15) is 0 Å². The van der Waals surface area contributed by atoms with Crippen molar-refractivity contribution in [2.75, 3.05) is 0 Å². The number of rotatable bonds is 7. The van der Waals surface area contributed by atoms with E-state index in [1.807, 2.05) is 0 Å². The van der Waals surface area contributed by atoms with Crippen LogP contribution in [0, 0.1) is 27.7 Å². The van der Waals surface area contributed by atoms with Crippen LogP contribution in [0.15, 0.2) is 83.9 Å². The number of benzene rings is 4. The van der Waals surface area contributed by atoms with E-state index in [1.54, 1.807) is 22.3 Å². The molecule has 0 radical (unpaired) electrons. The Balaban J connectivity index is 0.00000230. The Morgan fingerprint density at radius 2 is 0.978 bits per heavy atom. The molecule has 2 atom stereocenters. The van der Waals surface area contributed by atoms with Crippen LogP contribution in [0.25, 0.3) is 34.4 Å². The molecule has 4 heteroatoms. The van der Waals surface area contributed by atoms with E-state index in [4.69, 9.17) is 0 Å². The minimum atomic E-state index is -3.73. The van der Waals surface area contributed by atoms with E-state index in [-0.39, 0.29) is 24.8 Å². The Hall–Kier alpha value is -1.96. The van der Waals surface area contributed by atoms with Gasteiger partial charge in [-0.3, -0.25) is 0 Å². The van der Waals surface area contributed by atoms with Gasteiger partial charge in [-0.15, -0.1) is 24.8 Å². The molecule has 45 heavy (non-hydrogen) atoms. The second-order valence-electron chi connectivity index (χ2n) is 14.0. The van der Waals surface area contributed by atoms with Crippen molar-refractivity contribution in [2.45, 2.75) is 77.3 Å². The van der Waals surface area contributed by atoms with E-state index >= 15 is 0 Å². The number of fused-ring (bicyclic) bond motifs is 2. The molecular weight excluding hydrogens is 683 g/mol. The molecule has 4 aromatic carbocycles. The fourth-order valence-electron chi connectivity index (χ4n) is 8.91. The summed E-state index contributed by atoms with van der Waals surface area (Å²) in [5.74, 6) is 0. The summed E-state index contributed by atoms with van der Waals surface area (Å²) in [7, 11) is 0. The van der Waals surface area contributed by atoms with Crippen molar-refractivity contribution in [2.24, 2.45) is 0 Å². The van der Waals surface area contributed by atoms with E-state index in [0.29, 0.717) is 7.25 Å². The molecule has 0 spiro atoms. The number of allylic oxidation sites excluding steroid dienone is 2. The summed E-state index contributed by atoms with van der Waals surface area (Å²) in [6.45, 7) is 21.5. The van der Waals surface area contributed by atoms with Gasteiger partial charge in [0.25, 0.3) is 0 Å². The van der Waals surface area contributed by atoms with Crippen LogP contribution in [0.1, 0.15) is 85.9 Å². The van der Waals surface area contributed by atoms with Crippen LogP contribution in [0.4, 0.5) is 0 Å². The van der Waals surface area contributed by atoms with Crippen molar-refractivity contribution in [1.29, 1.82) is 0 Å². The molecule has 2 unspecified atom stereocenters. The molecule has 0 bridgehead atoms. The summed E-state index contributed by atoms with van der Waals surface area (Å²) < 4.78 is 3.79. The van der Waals surface area contributed by atoms with Crippen LogP contribution in [-0.4, -0.2) is 6.88 Å². The quantitative estimate of drug-likeness (QED) is 0.166.